The number of pyridine rings is 1. The Kier molecular flexibility index (Phi) is 4.93. The highest BCUT2D eigenvalue weighted by atomic mass is 19.3. The number of carbonyl (C=O) groups excluding carboxylic acids is 1. The van der Waals surface area contributed by atoms with E-state index in [2.05, 4.69) is 15.0 Å². The van der Waals surface area contributed by atoms with Gasteiger partial charge in [-0.15, -0.1) is 0 Å². The van der Waals surface area contributed by atoms with Gasteiger partial charge in [-0.2, -0.15) is 8.78 Å². The zero-order chi connectivity index (χ0) is 16.9. The maximum absolute atomic E-state index is 12.4. The second kappa shape index (κ2) is 7.29. The van der Waals surface area contributed by atoms with Gasteiger partial charge >= 0.3 is 6.61 Å². The molecule has 0 unspecified atom stereocenters. The van der Waals surface area contributed by atoms with Crippen LogP contribution >= 0.6 is 0 Å². The third kappa shape index (κ3) is 3.81. The van der Waals surface area contributed by atoms with E-state index in [9.17, 15) is 13.6 Å². The number of hydrogen-bond donors (Lipinski definition) is 1. The molecular formula is C16H17F2N3O3. The van der Waals surface area contributed by atoms with Crippen molar-refractivity contribution in [2.45, 2.75) is 32.0 Å². The van der Waals surface area contributed by atoms with Crippen LogP contribution < -0.4 is 15.0 Å². The predicted molar refractivity (Wildman–Crippen MR) is 81.8 cm³/mol. The second-order valence-electron chi connectivity index (χ2n) is 5.38. The molecule has 1 N–H and O–H groups in total. The number of nitrogens with one attached hydrogen (secondary N) is 1. The van der Waals surface area contributed by atoms with Crippen molar-refractivity contribution in [2.75, 3.05) is 11.4 Å². The Morgan fingerprint density at radius 2 is 2.33 bits per heavy atom. The Bertz CT molecular complexity index is 662. The molecule has 0 saturated carbocycles. The van der Waals surface area contributed by atoms with E-state index in [0.29, 0.717) is 31.1 Å². The van der Waals surface area contributed by atoms with E-state index in [0.717, 1.165) is 6.42 Å². The van der Waals surface area contributed by atoms with Crippen LogP contribution in [0.2, 0.25) is 0 Å². The summed E-state index contributed by atoms with van der Waals surface area (Å²) >= 11 is 0. The first-order valence-electron chi connectivity index (χ1n) is 7.61. The molecule has 3 heterocycles. The summed E-state index contributed by atoms with van der Waals surface area (Å²) in [4.78, 5) is 18.4. The third-order valence-electron chi connectivity index (χ3n) is 3.81. The van der Waals surface area contributed by atoms with Gasteiger partial charge in [0.05, 0.1) is 19.0 Å². The van der Waals surface area contributed by atoms with Gasteiger partial charge in [0, 0.05) is 6.54 Å². The summed E-state index contributed by atoms with van der Waals surface area (Å²) in [6.07, 6.45) is 4.35. The summed E-state index contributed by atoms with van der Waals surface area (Å²) < 4.78 is 33.8. The molecule has 3 rings (SSSR count). The molecule has 2 aromatic rings. The summed E-state index contributed by atoms with van der Waals surface area (Å²) in [5.74, 6) is 1.12. The molecule has 1 amide bonds. The van der Waals surface area contributed by atoms with Gasteiger partial charge in [0.1, 0.15) is 23.4 Å². The normalized spacial score (nSPS) is 17.3. The molecule has 2 aromatic heterocycles. The monoisotopic (exact) mass is 337 g/mol. The van der Waals surface area contributed by atoms with Crippen molar-refractivity contribution < 1.29 is 22.7 Å². The molecule has 0 aliphatic carbocycles. The summed E-state index contributed by atoms with van der Waals surface area (Å²) in [5.41, 5.74) is 0. The number of furan rings is 1. The van der Waals surface area contributed by atoms with Gasteiger partial charge in [-0.3, -0.25) is 4.79 Å². The quantitative estimate of drug-likeness (QED) is 0.877. The highest BCUT2D eigenvalue weighted by Crippen LogP contribution is 2.25. The van der Waals surface area contributed by atoms with Crippen molar-refractivity contribution in [3.05, 3.63) is 42.5 Å². The topological polar surface area (TPSA) is 67.6 Å². The fourth-order valence-electron chi connectivity index (χ4n) is 2.73. The van der Waals surface area contributed by atoms with E-state index in [1.54, 1.807) is 24.5 Å². The number of hydrogen-bond acceptors (Lipinski definition) is 5. The van der Waals surface area contributed by atoms with Gasteiger partial charge < -0.3 is 19.4 Å². The second-order valence-corrected chi connectivity index (χ2v) is 5.38. The molecule has 8 heteroatoms. The number of anilines is 1. The number of aromatic nitrogens is 1. The molecule has 6 nitrogen and oxygen atoms in total. The summed E-state index contributed by atoms with van der Waals surface area (Å²) in [7, 11) is 0. The van der Waals surface area contributed by atoms with E-state index >= 15 is 0 Å². The van der Waals surface area contributed by atoms with E-state index in [1.807, 2.05) is 4.90 Å². The molecule has 128 valence electrons. The van der Waals surface area contributed by atoms with Crippen LogP contribution in [0.25, 0.3) is 0 Å². The van der Waals surface area contributed by atoms with Crippen LogP contribution in [0, 0.1) is 0 Å². The molecule has 0 radical (unpaired) electrons. The van der Waals surface area contributed by atoms with E-state index in [-0.39, 0.29) is 17.7 Å². The molecule has 0 spiro atoms. The Balaban J connectivity index is 1.62. The average Bonchev–Trinajstić information content (AvgIpc) is 3.24. The van der Waals surface area contributed by atoms with E-state index in [4.69, 9.17) is 4.42 Å². The van der Waals surface area contributed by atoms with Gasteiger partial charge in [-0.05, 0) is 37.1 Å². The van der Waals surface area contributed by atoms with Gasteiger partial charge in [-0.25, -0.2) is 4.98 Å². The average molecular weight is 337 g/mol. The lowest BCUT2D eigenvalue weighted by atomic mass is 10.2. The van der Waals surface area contributed by atoms with Crippen LogP contribution in [0.15, 0.2) is 41.1 Å². The minimum absolute atomic E-state index is 0.00762. The minimum atomic E-state index is -2.88. The Morgan fingerprint density at radius 1 is 1.46 bits per heavy atom. The fourth-order valence-corrected chi connectivity index (χ4v) is 2.73. The van der Waals surface area contributed by atoms with Crippen LogP contribution in [-0.4, -0.2) is 30.1 Å². The first kappa shape index (κ1) is 16.2. The molecule has 0 aromatic carbocycles. The van der Waals surface area contributed by atoms with Crippen molar-refractivity contribution in [1.82, 2.24) is 10.3 Å². The van der Waals surface area contributed by atoms with E-state index < -0.39 is 6.61 Å². The van der Waals surface area contributed by atoms with Crippen LogP contribution in [-0.2, 0) is 11.3 Å². The Labute approximate surface area is 137 Å². The standard InChI is InChI=1S/C16H17F2N3O3/c17-16(18)24-12-5-6-14(19-10-12)21-7-1-4-13(21)15(22)20-9-11-3-2-8-23-11/h2-3,5-6,8,10,13,16H,1,4,7,9H2,(H,20,22)/t13-/m1/s1. The van der Waals surface area contributed by atoms with Gasteiger partial charge in [0.2, 0.25) is 5.91 Å². The molecule has 1 atom stereocenters. The highest BCUT2D eigenvalue weighted by Gasteiger charge is 2.31. The van der Waals surface area contributed by atoms with Crippen molar-refractivity contribution in [3.63, 3.8) is 0 Å². The summed E-state index contributed by atoms with van der Waals surface area (Å²) in [5, 5.41) is 2.84. The molecule has 1 fully saturated rings. The first-order chi connectivity index (χ1) is 11.6. The van der Waals surface area contributed by atoms with Gasteiger partial charge in [0.25, 0.3) is 0 Å². The zero-order valence-corrected chi connectivity index (χ0v) is 12.8. The maximum atomic E-state index is 12.4. The van der Waals surface area contributed by atoms with Crippen molar-refractivity contribution in [3.8, 4) is 5.75 Å². The molecular weight excluding hydrogens is 320 g/mol. The number of amides is 1. The SMILES string of the molecule is O=C(NCc1ccco1)[C@H]1CCCN1c1ccc(OC(F)F)cn1. The van der Waals surface area contributed by atoms with Gasteiger partial charge in [0.15, 0.2) is 0 Å². The van der Waals surface area contributed by atoms with Crippen molar-refractivity contribution >= 4 is 11.7 Å². The lowest BCUT2D eigenvalue weighted by Gasteiger charge is -2.24. The van der Waals surface area contributed by atoms with E-state index in [1.165, 1.54) is 12.3 Å². The number of rotatable bonds is 6. The smallest absolute Gasteiger partial charge is 0.387 e. The number of alkyl halides is 2. The van der Waals surface area contributed by atoms with Crippen molar-refractivity contribution in [1.29, 1.82) is 0 Å². The lowest BCUT2D eigenvalue weighted by molar-refractivity contribution is -0.122. The number of nitrogens with zero attached hydrogens (tertiary/aromatic N) is 2. The predicted octanol–water partition coefficient (Wildman–Crippen LogP) is 2.56. The number of halogens is 2. The Morgan fingerprint density at radius 3 is 3.00 bits per heavy atom. The van der Waals surface area contributed by atoms with Crippen LogP contribution in [0.3, 0.4) is 0 Å². The first-order valence-corrected chi connectivity index (χ1v) is 7.61. The van der Waals surface area contributed by atoms with Crippen LogP contribution in [0.4, 0.5) is 14.6 Å². The van der Waals surface area contributed by atoms with Crippen LogP contribution in [0.1, 0.15) is 18.6 Å². The number of carbonyl (C=O) groups is 1. The highest BCUT2D eigenvalue weighted by molar-refractivity contribution is 5.85. The molecule has 1 aliphatic rings. The Hall–Kier alpha value is -2.64. The van der Waals surface area contributed by atoms with Gasteiger partial charge in [-0.1, -0.05) is 0 Å². The molecule has 1 saturated heterocycles. The summed E-state index contributed by atoms with van der Waals surface area (Å²) in [6.45, 7) is -1.88. The van der Waals surface area contributed by atoms with Crippen LogP contribution in [0.5, 0.6) is 5.75 Å². The summed E-state index contributed by atoms with van der Waals surface area (Å²) in [6, 6.07) is 6.21. The fraction of sp³-hybridized carbons (Fsp3) is 0.375. The zero-order valence-electron chi connectivity index (χ0n) is 12.8. The van der Waals surface area contributed by atoms with Crippen molar-refractivity contribution in [2.24, 2.45) is 0 Å². The molecule has 0 bridgehead atoms. The molecule has 1 aliphatic heterocycles. The third-order valence-corrected chi connectivity index (χ3v) is 3.81. The molecule has 24 heavy (non-hydrogen) atoms. The minimum Gasteiger partial charge on any atom is -0.467 e. The number of ether oxygens (including phenoxy) is 1. The lowest BCUT2D eigenvalue weighted by Crippen LogP contribution is -2.43. The maximum Gasteiger partial charge on any atom is 0.387 e. The largest absolute Gasteiger partial charge is 0.467 e.